The zero-order chi connectivity index (χ0) is 27.3. The summed E-state index contributed by atoms with van der Waals surface area (Å²) in [4.78, 5) is 26.9. The Morgan fingerprint density at radius 3 is 2.35 bits per heavy atom. The van der Waals surface area contributed by atoms with Gasteiger partial charge in [-0.25, -0.2) is 4.79 Å². The summed E-state index contributed by atoms with van der Waals surface area (Å²) in [5.74, 6) is 0.0448. The number of nitrogens with one attached hydrogen (secondary N) is 2. The van der Waals surface area contributed by atoms with Crippen LogP contribution in [0.3, 0.4) is 0 Å². The van der Waals surface area contributed by atoms with E-state index in [0.717, 1.165) is 11.6 Å². The number of amides is 1. The molecule has 0 radical (unpaired) electrons. The second-order valence-corrected chi connectivity index (χ2v) is 10.3. The molecule has 0 fully saturated rings. The van der Waals surface area contributed by atoms with Gasteiger partial charge in [-0.2, -0.15) is 0 Å². The Bertz CT molecular complexity index is 1210. The molecule has 1 aliphatic rings. The lowest BCUT2D eigenvalue weighted by Crippen LogP contribution is -2.45. The molecule has 0 saturated heterocycles. The number of ether oxygens (including phenoxy) is 2. The Labute approximate surface area is 223 Å². The standard InChI is InChI=1S/C27H36ClN5O4/c1-8-37-26(35)24-21(15-36-14-13-33-17(3)31-32-18(33)4)29-16(2)22(25(34)30-27(5,6)7)23(24)19-11-9-10-12-20(19)28/h9-12,23,29H,8,13-15H2,1-7H3,(H,30,34). The quantitative estimate of drug-likeness (QED) is 0.374. The fourth-order valence-corrected chi connectivity index (χ4v) is 4.57. The van der Waals surface area contributed by atoms with Gasteiger partial charge in [0.2, 0.25) is 5.91 Å². The van der Waals surface area contributed by atoms with Crippen molar-refractivity contribution in [2.24, 2.45) is 0 Å². The molecule has 0 saturated carbocycles. The number of halogens is 1. The minimum Gasteiger partial charge on any atom is -0.463 e. The zero-order valence-corrected chi connectivity index (χ0v) is 23.3. The maximum absolute atomic E-state index is 13.5. The number of aryl methyl sites for hydroxylation is 2. The molecular weight excluding hydrogens is 494 g/mol. The zero-order valence-electron chi connectivity index (χ0n) is 22.6. The van der Waals surface area contributed by atoms with E-state index in [1.807, 2.05) is 64.3 Å². The van der Waals surface area contributed by atoms with Gasteiger partial charge in [0.05, 0.1) is 37.0 Å². The number of aromatic nitrogens is 3. The number of benzene rings is 1. The maximum Gasteiger partial charge on any atom is 0.336 e. The average Bonchev–Trinajstić information content (AvgIpc) is 3.12. The van der Waals surface area contributed by atoms with Crippen LogP contribution in [0, 0.1) is 13.8 Å². The third kappa shape index (κ3) is 6.78. The molecule has 1 aliphatic heterocycles. The number of dihydropyridines is 1. The lowest BCUT2D eigenvalue weighted by molar-refractivity contribution is -0.138. The largest absolute Gasteiger partial charge is 0.463 e. The number of carbonyl (C=O) groups excluding carboxylic acids is 2. The third-order valence-electron chi connectivity index (χ3n) is 5.92. The fraction of sp³-hybridized carbons (Fsp3) is 0.481. The predicted molar refractivity (Wildman–Crippen MR) is 142 cm³/mol. The van der Waals surface area contributed by atoms with Crippen LogP contribution >= 0.6 is 11.6 Å². The van der Waals surface area contributed by atoms with Crippen LogP contribution in [0.2, 0.25) is 5.02 Å². The molecule has 1 aromatic heterocycles. The van der Waals surface area contributed by atoms with Crippen LogP contribution in [0.5, 0.6) is 0 Å². The van der Waals surface area contributed by atoms with Crippen molar-refractivity contribution >= 4 is 23.5 Å². The SMILES string of the molecule is CCOC(=O)C1=C(COCCn2c(C)nnc2C)NC(C)=C(C(=O)NC(C)(C)C)C1c1ccccc1Cl. The van der Waals surface area contributed by atoms with Gasteiger partial charge >= 0.3 is 5.97 Å². The van der Waals surface area contributed by atoms with Gasteiger partial charge in [0, 0.05) is 28.4 Å². The number of carbonyl (C=O) groups is 2. The molecule has 37 heavy (non-hydrogen) atoms. The molecule has 2 heterocycles. The summed E-state index contributed by atoms with van der Waals surface area (Å²) in [6.07, 6.45) is 0. The van der Waals surface area contributed by atoms with Gasteiger partial charge in [-0.1, -0.05) is 29.8 Å². The van der Waals surface area contributed by atoms with E-state index in [1.165, 1.54) is 0 Å². The summed E-state index contributed by atoms with van der Waals surface area (Å²) in [6.45, 7) is 14.3. The highest BCUT2D eigenvalue weighted by molar-refractivity contribution is 6.31. The van der Waals surface area contributed by atoms with E-state index in [9.17, 15) is 9.59 Å². The minimum atomic E-state index is -0.739. The van der Waals surface area contributed by atoms with E-state index in [-0.39, 0.29) is 19.1 Å². The number of hydrogen-bond donors (Lipinski definition) is 2. The molecule has 9 nitrogen and oxygen atoms in total. The van der Waals surface area contributed by atoms with Crippen molar-refractivity contribution < 1.29 is 19.1 Å². The highest BCUT2D eigenvalue weighted by atomic mass is 35.5. The molecule has 0 spiro atoms. The summed E-state index contributed by atoms with van der Waals surface area (Å²) in [5, 5.41) is 14.9. The molecule has 1 atom stereocenters. The van der Waals surface area contributed by atoms with Crippen molar-refractivity contribution in [2.75, 3.05) is 19.8 Å². The van der Waals surface area contributed by atoms with Crippen molar-refractivity contribution in [1.82, 2.24) is 25.4 Å². The molecule has 0 bridgehead atoms. The monoisotopic (exact) mass is 529 g/mol. The van der Waals surface area contributed by atoms with Crippen LogP contribution in [-0.2, 0) is 25.6 Å². The molecule has 1 aromatic carbocycles. The molecule has 10 heteroatoms. The van der Waals surface area contributed by atoms with E-state index in [2.05, 4.69) is 20.8 Å². The van der Waals surface area contributed by atoms with Crippen molar-refractivity contribution in [3.63, 3.8) is 0 Å². The van der Waals surface area contributed by atoms with Crippen molar-refractivity contribution in [3.8, 4) is 0 Å². The Hall–Kier alpha value is -3.17. The van der Waals surface area contributed by atoms with Gasteiger partial charge in [-0.15, -0.1) is 10.2 Å². The van der Waals surface area contributed by atoms with E-state index < -0.39 is 17.4 Å². The predicted octanol–water partition coefficient (Wildman–Crippen LogP) is 3.96. The number of rotatable bonds is 9. The van der Waals surface area contributed by atoms with Crippen LogP contribution in [0.1, 0.15) is 57.7 Å². The Kier molecular flexibility index (Phi) is 9.15. The van der Waals surface area contributed by atoms with Crippen LogP contribution in [0.25, 0.3) is 0 Å². The first-order valence-electron chi connectivity index (χ1n) is 12.3. The number of allylic oxidation sites excluding steroid dienone is 1. The molecule has 0 aliphatic carbocycles. The first kappa shape index (κ1) is 28.4. The first-order valence-corrected chi connectivity index (χ1v) is 12.7. The fourth-order valence-electron chi connectivity index (χ4n) is 4.33. The minimum absolute atomic E-state index is 0.112. The topological polar surface area (TPSA) is 107 Å². The molecule has 2 N–H and O–H groups in total. The molecule has 1 amide bonds. The summed E-state index contributed by atoms with van der Waals surface area (Å²) in [5.41, 5.74) is 2.02. The van der Waals surface area contributed by atoms with Gasteiger partial charge < -0.3 is 24.7 Å². The first-order chi connectivity index (χ1) is 17.4. The third-order valence-corrected chi connectivity index (χ3v) is 6.26. The number of nitrogens with zero attached hydrogens (tertiary/aromatic N) is 3. The second kappa shape index (κ2) is 11.9. The summed E-state index contributed by atoms with van der Waals surface area (Å²) in [6, 6.07) is 7.22. The number of hydrogen-bond acceptors (Lipinski definition) is 7. The van der Waals surface area contributed by atoms with Crippen LogP contribution in [0.15, 0.2) is 46.8 Å². The molecule has 1 unspecified atom stereocenters. The lowest BCUT2D eigenvalue weighted by Gasteiger charge is -2.33. The highest BCUT2D eigenvalue weighted by Crippen LogP contribution is 2.41. The smallest absolute Gasteiger partial charge is 0.336 e. The van der Waals surface area contributed by atoms with Crippen molar-refractivity contribution in [3.05, 3.63) is 69.0 Å². The molecule has 200 valence electrons. The molecular formula is C27H36ClN5O4. The van der Waals surface area contributed by atoms with Crippen LogP contribution in [0.4, 0.5) is 0 Å². The maximum atomic E-state index is 13.5. The Morgan fingerprint density at radius 1 is 1.11 bits per heavy atom. The number of esters is 1. The molecule has 3 rings (SSSR count). The molecule has 2 aromatic rings. The van der Waals surface area contributed by atoms with Gasteiger partial charge in [0.25, 0.3) is 0 Å². The summed E-state index contributed by atoms with van der Waals surface area (Å²) in [7, 11) is 0. The van der Waals surface area contributed by atoms with Gasteiger partial charge in [0.15, 0.2) is 0 Å². The average molecular weight is 530 g/mol. The van der Waals surface area contributed by atoms with Crippen LogP contribution in [-0.4, -0.2) is 52.0 Å². The highest BCUT2D eigenvalue weighted by Gasteiger charge is 2.39. The second-order valence-electron chi connectivity index (χ2n) is 9.93. The van der Waals surface area contributed by atoms with Crippen molar-refractivity contribution in [2.45, 2.75) is 66.5 Å². The van der Waals surface area contributed by atoms with E-state index >= 15 is 0 Å². The normalized spacial score (nSPS) is 16.1. The van der Waals surface area contributed by atoms with Crippen LogP contribution < -0.4 is 10.6 Å². The van der Waals surface area contributed by atoms with E-state index in [4.69, 9.17) is 21.1 Å². The Morgan fingerprint density at radius 2 is 1.76 bits per heavy atom. The van der Waals surface area contributed by atoms with Gasteiger partial charge in [-0.05, 0) is 60.1 Å². The lowest BCUT2D eigenvalue weighted by atomic mass is 9.79. The summed E-state index contributed by atoms with van der Waals surface area (Å²) < 4.78 is 13.4. The summed E-state index contributed by atoms with van der Waals surface area (Å²) >= 11 is 6.62. The van der Waals surface area contributed by atoms with Crippen molar-refractivity contribution in [1.29, 1.82) is 0 Å². The Balaban J connectivity index is 2.02. The van der Waals surface area contributed by atoms with Gasteiger partial charge in [0.1, 0.15) is 11.6 Å². The van der Waals surface area contributed by atoms with E-state index in [0.29, 0.717) is 46.3 Å². The van der Waals surface area contributed by atoms with Gasteiger partial charge in [-0.3, -0.25) is 4.79 Å². The van der Waals surface area contributed by atoms with E-state index in [1.54, 1.807) is 13.0 Å².